The lowest BCUT2D eigenvalue weighted by Gasteiger charge is -1.98. The molecular weight excluding hydrogens is 339 g/mol. The van der Waals surface area contributed by atoms with E-state index in [0.717, 1.165) is 0 Å². The zero-order valence-corrected chi connectivity index (χ0v) is 13.2. The zero-order valence-electron chi connectivity index (χ0n) is 11.6. The summed E-state index contributed by atoms with van der Waals surface area (Å²) < 4.78 is 1.61. The molecule has 0 aliphatic heterocycles. The Bertz CT molecular complexity index is 904. The van der Waals surface area contributed by atoms with E-state index in [2.05, 4.69) is 15.2 Å². The van der Waals surface area contributed by atoms with Gasteiger partial charge < -0.3 is 5.11 Å². The van der Waals surface area contributed by atoms with Crippen molar-refractivity contribution in [2.24, 2.45) is 10.2 Å². The van der Waals surface area contributed by atoms with E-state index in [1.54, 1.807) is 47.0 Å². The molecule has 3 aromatic rings. The number of aromatic nitrogens is 2. The number of nitrogens with zero attached hydrogens (tertiary/aromatic N) is 4. The van der Waals surface area contributed by atoms with Crippen molar-refractivity contribution in [3.8, 4) is 0 Å². The van der Waals surface area contributed by atoms with E-state index in [-0.39, 0.29) is 6.42 Å². The highest BCUT2D eigenvalue weighted by Crippen LogP contribution is 2.26. The van der Waals surface area contributed by atoms with E-state index in [9.17, 15) is 4.79 Å². The van der Waals surface area contributed by atoms with Gasteiger partial charge in [-0.3, -0.25) is 9.20 Å². The van der Waals surface area contributed by atoms with Gasteiger partial charge in [-0.15, -0.1) is 10.2 Å². The molecule has 0 saturated carbocycles. The SMILES string of the molecule is O=C(O)Cc1nc2ccc(Cl)cn2c1N=Nc1ccc(Cl)cc1. The third kappa shape index (κ3) is 3.49. The van der Waals surface area contributed by atoms with Crippen LogP contribution in [0.2, 0.25) is 10.0 Å². The number of carboxylic acids is 1. The molecule has 0 aliphatic carbocycles. The number of pyridine rings is 1. The summed E-state index contributed by atoms with van der Waals surface area (Å²) in [5, 5.41) is 18.4. The summed E-state index contributed by atoms with van der Waals surface area (Å²) >= 11 is 11.8. The van der Waals surface area contributed by atoms with Crippen LogP contribution in [0.3, 0.4) is 0 Å². The summed E-state index contributed by atoms with van der Waals surface area (Å²) in [7, 11) is 0. The van der Waals surface area contributed by atoms with Crippen molar-refractivity contribution in [3.05, 3.63) is 58.3 Å². The number of carbonyl (C=O) groups is 1. The Morgan fingerprint density at radius 3 is 2.48 bits per heavy atom. The van der Waals surface area contributed by atoms with Gasteiger partial charge in [0.25, 0.3) is 0 Å². The van der Waals surface area contributed by atoms with Gasteiger partial charge >= 0.3 is 5.97 Å². The topological polar surface area (TPSA) is 79.3 Å². The van der Waals surface area contributed by atoms with E-state index < -0.39 is 5.97 Å². The van der Waals surface area contributed by atoms with Gasteiger partial charge in [0.1, 0.15) is 5.65 Å². The third-order valence-corrected chi connectivity index (χ3v) is 3.51. The van der Waals surface area contributed by atoms with Gasteiger partial charge in [0.15, 0.2) is 5.82 Å². The fourth-order valence-corrected chi connectivity index (χ4v) is 2.32. The Hall–Kier alpha value is -2.44. The lowest BCUT2D eigenvalue weighted by Crippen LogP contribution is -2.00. The van der Waals surface area contributed by atoms with Gasteiger partial charge in [-0.25, -0.2) is 4.98 Å². The molecule has 3 rings (SSSR count). The maximum Gasteiger partial charge on any atom is 0.309 e. The van der Waals surface area contributed by atoms with Crippen LogP contribution in [-0.2, 0) is 11.2 Å². The van der Waals surface area contributed by atoms with E-state index >= 15 is 0 Å². The van der Waals surface area contributed by atoms with Crippen molar-refractivity contribution < 1.29 is 9.90 Å². The molecule has 0 unspecified atom stereocenters. The number of azo groups is 1. The molecule has 2 aromatic heterocycles. The molecule has 0 atom stereocenters. The molecule has 116 valence electrons. The van der Waals surface area contributed by atoms with Gasteiger partial charge in [0.2, 0.25) is 0 Å². The van der Waals surface area contributed by atoms with E-state index in [1.807, 2.05) is 0 Å². The van der Waals surface area contributed by atoms with Crippen molar-refractivity contribution in [1.29, 1.82) is 0 Å². The Morgan fingerprint density at radius 2 is 1.78 bits per heavy atom. The molecule has 0 radical (unpaired) electrons. The highest BCUT2D eigenvalue weighted by molar-refractivity contribution is 6.30. The van der Waals surface area contributed by atoms with Crippen molar-refractivity contribution in [1.82, 2.24) is 9.38 Å². The maximum absolute atomic E-state index is 11.0. The van der Waals surface area contributed by atoms with Gasteiger partial charge in [0, 0.05) is 11.2 Å². The average molecular weight is 349 g/mol. The number of halogens is 2. The second kappa shape index (κ2) is 6.36. The third-order valence-electron chi connectivity index (χ3n) is 3.03. The molecule has 0 aliphatic rings. The number of benzene rings is 1. The minimum Gasteiger partial charge on any atom is -0.481 e. The van der Waals surface area contributed by atoms with Crippen LogP contribution in [0, 0.1) is 0 Å². The summed E-state index contributed by atoms with van der Waals surface area (Å²) in [5.74, 6) is -0.665. The fraction of sp³-hybridized carbons (Fsp3) is 0.0667. The molecule has 2 heterocycles. The van der Waals surface area contributed by atoms with Crippen molar-refractivity contribution in [2.45, 2.75) is 6.42 Å². The van der Waals surface area contributed by atoms with Crippen molar-refractivity contribution in [2.75, 3.05) is 0 Å². The van der Waals surface area contributed by atoms with Crippen molar-refractivity contribution >= 4 is 46.3 Å². The predicted molar refractivity (Wildman–Crippen MR) is 87.2 cm³/mol. The largest absolute Gasteiger partial charge is 0.481 e. The number of fused-ring (bicyclic) bond motifs is 1. The van der Waals surface area contributed by atoms with E-state index in [1.165, 1.54) is 0 Å². The monoisotopic (exact) mass is 348 g/mol. The summed E-state index contributed by atoms with van der Waals surface area (Å²) in [4.78, 5) is 15.3. The number of carboxylic acid groups (broad SMARTS) is 1. The number of aliphatic carboxylic acids is 1. The van der Waals surface area contributed by atoms with Crippen LogP contribution in [0.5, 0.6) is 0 Å². The first-order chi connectivity index (χ1) is 11.0. The minimum absolute atomic E-state index is 0.256. The first kappa shape index (κ1) is 15.5. The number of hydrogen-bond donors (Lipinski definition) is 1. The van der Waals surface area contributed by atoms with Crippen molar-refractivity contribution in [3.63, 3.8) is 0 Å². The summed E-state index contributed by atoms with van der Waals surface area (Å²) in [6, 6.07) is 10.2. The molecule has 0 spiro atoms. The summed E-state index contributed by atoms with van der Waals surface area (Å²) in [6.07, 6.45) is 1.36. The Kier molecular flexibility index (Phi) is 4.27. The Labute approximate surface area is 141 Å². The van der Waals surface area contributed by atoms with Crippen LogP contribution >= 0.6 is 23.2 Å². The maximum atomic E-state index is 11.0. The van der Waals surface area contributed by atoms with E-state index in [0.29, 0.717) is 32.9 Å². The standard InChI is InChI=1S/C15H10Cl2N4O2/c16-9-1-4-11(5-2-9)19-20-15-12(7-14(22)23)18-13-6-3-10(17)8-21(13)15/h1-6,8H,7H2,(H,22,23). The predicted octanol–water partition coefficient (Wildman–Crippen LogP) is 4.68. The van der Waals surface area contributed by atoms with Crippen LogP contribution in [0.1, 0.15) is 5.69 Å². The Balaban J connectivity index is 2.07. The van der Waals surface area contributed by atoms with Gasteiger partial charge in [-0.05, 0) is 36.4 Å². The lowest BCUT2D eigenvalue weighted by molar-refractivity contribution is -0.136. The molecule has 1 aromatic carbocycles. The smallest absolute Gasteiger partial charge is 0.309 e. The molecule has 1 N–H and O–H groups in total. The quantitative estimate of drug-likeness (QED) is 0.695. The minimum atomic E-state index is -0.998. The highest BCUT2D eigenvalue weighted by Gasteiger charge is 2.15. The second-order valence-corrected chi connectivity index (χ2v) is 5.58. The molecule has 6 nitrogen and oxygen atoms in total. The first-order valence-electron chi connectivity index (χ1n) is 6.58. The zero-order chi connectivity index (χ0) is 16.4. The van der Waals surface area contributed by atoms with Crippen LogP contribution < -0.4 is 0 Å². The number of rotatable bonds is 4. The van der Waals surface area contributed by atoms with Gasteiger partial charge in [-0.2, -0.15) is 0 Å². The lowest BCUT2D eigenvalue weighted by atomic mass is 10.3. The Morgan fingerprint density at radius 1 is 1.09 bits per heavy atom. The fourth-order valence-electron chi connectivity index (χ4n) is 2.04. The molecule has 8 heteroatoms. The summed E-state index contributed by atoms with van der Waals surface area (Å²) in [6.45, 7) is 0. The average Bonchev–Trinajstić information content (AvgIpc) is 2.82. The van der Waals surface area contributed by atoms with Gasteiger partial charge in [0.05, 0.1) is 22.8 Å². The summed E-state index contributed by atoms with van der Waals surface area (Å²) in [5.41, 5.74) is 1.46. The molecule has 0 fully saturated rings. The number of hydrogen-bond acceptors (Lipinski definition) is 4. The molecule has 23 heavy (non-hydrogen) atoms. The highest BCUT2D eigenvalue weighted by atomic mass is 35.5. The first-order valence-corrected chi connectivity index (χ1v) is 7.34. The molecule has 0 saturated heterocycles. The molecular formula is C15H10Cl2N4O2. The molecule has 0 amide bonds. The van der Waals surface area contributed by atoms with Gasteiger partial charge in [-0.1, -0.05) is 23.2 Å². The van der Waals surface area contributed by atoms with Crippen LogP contribution in [-0.4, -0.2) is 20.5 Å². The second-order valence-electron chi connectivity index (χ2n) is 4.70. The van der Waals surface area contributed by atoms with Crippen LogP contribution in [0.4, 0.5) is 11.5 Å². The van der Waals surface area contributed by atoms with Crippen LogP contribution in [0.15, 0.2) is 52.8 Å². The normalized spacial score (nSPS) is 11.4. The molecule has 0 bridgehead atoms. The van der Waals surface area contributed by atoms with E-state index in [4.69, 9.17) is 28.3 Å². The number of imidazole rings is 1. The van der Waals surface area contributed by atoms with Crippen LogP contribution in [0.25, 0.3) is 5.65 Å².